The van der Waals surface area contributed by atoms with Crippen LogP contribution in [0.4, 0.5) is 0 Å². The van der Waals surface area contributed by atoms with E-state index in [1.807, 2.05) is 0 Å². The maximum Gasteiger partial charge on any atom is 0.220 e. The molecule has 0 unspecified atom stereocenters. The van der Waals surface area contributed by atoms with Crippen molar-refractivity contribution in [2.24, 2.45) is 17.4 Å². The zero-order valence-corrected chi connectivity index (χ0v) is 12.0. The minimum atomic E-state index is -0.177. The molecular formula is C15H29N3O. The first-order valence-electron chi connectivity index (χ1n) is 7.90. The third kappa shape index (κ3) is 4.46. The quantitative estimate of drug-likeness (QED) is 0.678. The van der Waals surface area contributed by atoms with E-state index in [4.69, 9.17) is 11.5 Å². The Bertz CT molecular complexity index is 298. The standard InChI is InChI=1S/C15H29N3O/c16-13-7-5-6-12(13)10-14(19)18-11-15(17)8-3-1-2-4-9-15/h12-13H,1-11,16-17H2,(H,18,19)/t12-,13+/m0/s1. The van der Waals surface area contributed by atoms with Crippen LogP contribution in [-0.4, -0.2) is 24.0 Å². The zero-order valence-electron chi connectivity index (χ0n) is 12.0. The van der Waals surface area contributed by atoms with Gasteiger partial charge in [0.15, 0.2) is 0 Å². The van der Waals surface area contributed by atoms with Gasteiger partial charge in [-0.15, -0.1) is 0 Å². The van der Waals surface area contributed by atoms with E-state index in [1.165, 1.54) is 32.1 Å². The number of carbonyl (C=O) groups excluding carboxylic acids is 1. The van der Waals surface area contributed by atoms with Crippen LogP contribution in [0.25, 0.3) is 0 Å². The van der Waals surface area contributed by atoms with E-state index in [9.17, 15) is 4.79 Å². The van der Waals surface area contributed by atoms with E-state index < -0.39 is 0 Å². The summed E-state index contributed by atoms with van der Waals surface area (Å²) in [5.74, 6) is 0.513. The molecule has 0 saturated heterocycles. The fourth-order valence-corrected chi connectivity index (χ4v) is 3.51. The highest BCUT2D eigenvalue weighted by Crippen LogP contribution is 2.27. The van der Waals surface area contributed by atoms with Crippen LogP contribution in [0.5, 0.6) is 0 Å². The van der Waals surface area contributed by atoms with Crippen LogP contribution in [0.15, 0.2) is 0 Å². The average molecular weight is 267 g/mol. The van der Waals surface area contributed by atoms with Crippen molar-refractivity contribution in [1.82, 2.24) is 5.32 Å². The third-order valence-corrected chi connectivity index (χ3v) is 4.90. The van der Waals surface area contributed by atoms with E-state index in [1.54, 1.807) is 0 Å². The van der Waals surface area contributed by atoms with Crippen LogP contribution in [0.3, 0.4) is 0 Å². The molecular weight excluding hydrogens is 238 g/mol. The molecule has 1 amide bonds. The molecule has 0 aromatic heterocycles. The Morgan fingerprint density at radius 3 is 2.37 bits per heavy atom. The summed E-state index contributed by atoms with van der Waals surface area (Å²) in [7, 11) is 0. The van der Waals surface area contributed by atoms with Crippen molar-refractivity contribution in [3.05, 3.63) is 0 Å². The van der Waals surface area contributed by atoms with Crippen LogP contribution in [0.2, 0.25) is 0 Å². The second-order valence-corrected chi connectivity index (χ2v) is 6.61. The zero-order chi connectivity index (χ0) is 13.7. The van der Waals surface area contributed by atoms with Gasteiger partial charge in [-0.3, -0.25) is 4.79 Å². The number of nitrogens with one attached hydrogen (secondary N) is 1. The Labute approximate surface area is 116 Å². The molecule has 5 N–H and O–H groups in total. The van der Waals surface area contributed by atoms with Crippen molar-refractivity contribution < 1.29 is 4.79 Å². The van der Waals surface area contributed by atoms with Gasteiger partial charge in [-0.2, -0.15) is 0 Å². The van der Waals surface area contributed by atoms with Gasteiger partial charge >= 0.3 is 0 Å². The molecule has 2 atom stereocenters. The molecule has 0 spiro atoms. The van der Waals surface area contributed by atoms with Crippen molar-refractivity contribution in [1.29, 1.82) is 0 Å². The fourth-order valence-electron chi connectivity index (χ4n) is 3.51. The first-order valence-corrected chi connectivity index (χ1v) is 7.90. The first-order chi connectivity index (χ1) is 9.09. The van der Waals surface area contributed by atoms with Gasteiger partial charge in [0.05, 0.1) is 0 Å². The summed E-state index contributed by atoms with van der Waals surface area (Å²) in [5.41, 5.74) is 12.2. The smallest absolute Gasteiger partial charge is 0.220 e. The Kier molecular flexibility index (Phi) is 5.22. The van der Waals surface area contributed by atoms with Gasteiger partial charge in [-0.1, -0.05) is 32.1 Å². The van der Waals surface area contributed by atoms with Crippen LogP contribution in [0.1, 0.15) is 64.2 Å². The molecule has 2 aliphatic rings. The molecule has 19 heavy (non-hydrogen) atoms. The summed E-state index contributed by atoms with van der Waals surface area (Å²) in [6, 6.07) is 0.218. The summed E-state index contributed by atoms with van der Waals surface area (Å²) >= 11 is 0. The lowest BCUT2D eigenvalue weighted by Gasteiger charge is -2.28. The van der Waals surface area contributed by atoms with Crippen molar-refractivity contribution in [2.75, 3.05) is 6.54 Å². The molecule has 0 aromatic rings. The van der Waals surface area contributed by atoms with E-state index in [2.05, 4.69) is 5.32 Å². The van der Waals surface area contributed by atoms with Gasteiger partial charge in [0.1, 0.15) is 0 Å². The minimum absolute atomic E-state index is 0.136. The van der Waals surface area contributed by atoms with Crippen LogP contribution in [-0.2, 0) is 4.79 Å². The lowest BCUT2D eigenvalue weighted by molar-refractivity contribution is -0.122. The number of amides is 1. The maximum absolute atomic E-state index is 12.0. The molecule has 2 rings (SSSR count). The third-order valence-electron chi connectivity index (χ3n) is 4.90. The summed E-state index contributed by atoms with van der Waals surface area (Å²) in [6.07, 6.45) is 10.9. The van der Waals surface area contributed by atoms with E-state index >= 15 is 0 Å². The van der Waals surface area contributed by atoms with Gasteiger partial charge in [-0.25, -0.2) is 0 Å². The Hall–Kier alpha value is -0.610. The molecule has 0 aromatic carbocycles. The molecule has 2 fully saturated rings. The van der Waals surface area contributed by atoms with Gasteiger partial charge < -0.3 is 16.8 Å². The first kappa shape index (κ1) is 14.8. The average Bonchev–Trinajstić information content (AvgIpc) is 2.64. The summed E-state index contributed by atoms with van der Waals surface area (Å²) < 4.78 is 0. The van der Waals surface area contributed by atoms with Crippen molar-refractivity contribution >= 4 is 5.91 Å². The summed E-state index contributed by atoms with van der Waals surface area (Å²) in [5, 5.41) is 3.05. The number of hydrogen-bond donors (Lipinski definition) is 3. The molecule has 110 valence electrons. The maximum atomic E-state index is 12.0. The highest BCUT2D eigenvalue weighted by Gasteiger charge is 2.29. The van der Waals surface area contributed by atoms with Crippen LogP contribution >= 0.6 is 0 Å². The summed E-state index contributed by atoms with van der Waals surface area (Å²) in [6.45, 7) is 0.633. The molecule has 0 aliphatic heterocycles. The predicted molar refractivity (Wildman–Crippen MR) is 77.6 cm³/mol. The van der Waals surface area contributed by atoms with Gasteiger partial charge in [0.2, 0.25) is 5.91 Å². The highest BCUT2D eigenvalue weighted by atomic mass is 16.1. The van der Waals surface area contributed by atoms with Gasteiger partial charge in [0, 0.05) is 24.5 Å². The van der Waals surface area contributed by atoms with Crippen molar-refractivity contribution in [2.45, 2.75) is 75.8 Å². The largest absolute Gasteiger partial charge is 0.354 e. The minimum Gasteiger partial charge on any atom is -0.354 e. The van der Waals surface area contributed by atoms with Crippen molar-refractivity contribution in [3.63, 3.8) is 0 Å². The Morgan fingerprint density at radius 1 is 1.11 bits per heavy atom. The van der Waals surface area contributed by atoms with Crippen LogP contribution in [0, 0.1) is 5.92 Å². The number of carbonyl (C=O) groups is 1. The van der Waals surface area contributed by atoms with Crippen molar-refractivity contribution in [3.8, 4) is 0 Å². The molecule has 0 heterocycles. The molecule has 0 radical (unpaired) electrons. The normalized spacial score (nSPS) is 30.8. The molecule has 4 nitrogen and oxygen atoms in total. The number of nitrogens with two attached hydrogens (primary N) is 2. The molecule has 2 saturated carbocycles. The Morgan fingerprint density at radius 2 is 1.79 bits per heavy atom. The monoisotopic (exact) mass is 267 g/mol. The van der Waals surface area contributed by atoms with E-state index in [0.29, 0.717) is 18.9 Å². The molecule has 0 bridgehead atoms. The van der Waals surface area contributed by atoms with E-state index in [-0.39, 0.29) is 17.5 Å². The lowest BCUT2D eigenvalue weighted by Crippen LogP contribution is -2.50. The molecule has 2 aliphatic carbocycles. The van der Waals surface area contributed by atoms with E-state index in [0.717, 1.165) is 25.7 Å². The fraction of sp³-hybridized carbons (Fsp3) is 0.933. The lowest BCUT2D eigenvalue weighted by atomic mass is 9.91. The predicted octanol–water partition coefficient (Wildman–Crippen LogP) is 1.67. The number of rotatable bonds is 4. The van der Waals surface area contributed by atoms with Gasteiger partial charge in [0.25, 0.3) is 0 Å². The number of hydrogen-bond acceptors (Lipinski definition) is 3. The second-order valence-electron chi connectivity index (χ2n) is 6.61. The van der Waals surface area contributed by atoms with Crippen LogP contribution < -0.4 is 16.8 Å². The molecule has 4 heteroatoms. The topological polar surface area (TPSA) is 81.1 Å². The SMILES string of the molecule is N[C@@H]1CCC[C@H]1CC(=O)NCC1(N)CCCCCC1. The Balaban J connectivity index is 1.73. The van der Waals surface area contributed by atoms with Gasteiger partial charge in [-0.05, 0) is 31.6 Å². The second kappa shape index (κ2) is 6.71. The summed E-state index contributed by atoms with van der Waals surface area (Å²) in [4.78, 5) is 12.0. The highest BCUT2D eigenvalue weighted by molar-refractivity contribution is 5.76.